The van der Waals surface area contributed by atoms with Crippen molar-refractivity contribution in [3.8, 4) is 0 Å². The first-order valence-corrected chi connectivity index (χ1v) is 9.80. The van der Waals surface area contributed by atoms with E-state index in [0.29, 0.717) is 0 Å². The Morgan fingerprint density at radius 1 is 1.04 bits per heavy atom. The van der Waals surface area contributed by atoms with Gasteiger partial charge < -0.3 is 9.32 Å². The Labute approximate surface area is 151 Å². The molecule has 136 valence electrons. The highest BCUT2D eigenvalue weighted by atomic mass is 16.3. The van der Waals surface area contributed by atoms with Gasteiger partial charge in [-0.25, -0.2) is 0 Å². The predicted octanol–water partition coefficient (Wildman–Crippen LogP) is 3.28. The van der Waals surface area contributed by atoms with Crippen LogP contribution in [0.1, 0.15) is 25.3 Å². The summed E-state index contributed by atoms with van der Waals surface area (Å²) in [5, 5.41) is 1.22. The Bertz CT molecular complexity index is 681. The number of fused-ring (bicyclic) bond motifs is 1. The van der Waals surface area contributed by atoms with Gasteiger partial charge in [0.2, 0.25) is 0 Å². The minimum absolute atomic E-state index is 0.734. The van der Waals surface area contributed by atoms with Crippen LogP contribution in [0.5, 0.6) is 0 Å². The zero-order valence-electron chi connectivity index (χ0n) is 15.7. The molecular formula is C21H31N3O. The van der Waals surface area contributed by atoms with Crippen molar-refractivity contribution in [3.05, 3.63) is 36.1 Å². The van der Waals surface area contributed by atoms with Crippen LogP contribution in [0.3, 0.4) is 0 Å². The number of piperidine rings is 1. The number of likely N-dealkylation sites (tertiary alicyclic amines) is 1. The number of hydrogen-bond acceptors (Lipinski definition) is 4. The SMILES string of the molecule is C[C@H](C1CCN(Cc2ccc3occc3c2)CC1)N1CCN(C)CC1. The summed E-state index contributed by atoms with van der Waals surface area (Å²) in [7, 11) is 2.24. The summed E-state index contributed by atoms with van der Waals surface area (Å²) in [6.07, 6.45) is 4.45. The molecule has 2 aromatic rings. The van der Waals surface area contributed by atoms with Crippen LogP contribution in [0.25, 0.3) is 11.0 Å². The molecule has 2 saturated heterocycles. The average molecular weight is 341 g/mol. The molecule has 4 rings (SSSR count). The third-order valence-corrected chi connectivity index (χ3v) is 6.35. The van der Waals surface area contributed by atoms with E-state index in [1.54, 1.807) is 6.26 Å². The molecule has 4 nitrogen and oxygen atoms in total. The molecule has 0 N–H and O–H groups in total. The van der Waals surface area contributed by atoms with Crippen LogP contribution >= 0.6 is 0 Å². The minimum atomic E-state index is 0.734. The molecule has 0 amide bonds. The Morgan fingerprint density at radius 3 is 2.56 bits per heavy atom. The van der Waals surface area contributed by atoms with Gasteiger partial charge in [0.15, 0.2) is 0 Å². The second-order valence-electron chi connectivity index (χ2n) is 7.99. The van der Waals surface area contributed by atoms with Crippen molar-refractivity contribution in [3.63, 3.8) is 0 Å². The van der Waals surface area contributed by atoms with Gasteiger partial charge in [-0.1, -0.05) is 6.07 Å². The fourth-order valence-corrected chi connectivity index (χ4v) is 4.49. The molecule has 0 saturated carbocycles. The number of nitrogens with zero attached hydrogens (tertiary/aromatic N) is 3. The van der Waals surface area contributed by atoms with E-state index in [2.05, 4.69) is 52.9 Å². The normalized spacial score (nSPS) is 23.3. The predicted molar refractivity (Wildman–Crippen MR) is 103 cm³/mol. The van der Waals surface area contributed by atoms with Gasteiger partial charge in [0.05, 0.1) is 6.26 Å². The third-order valence-electron chi connectivity index (χ3n) is 6.35. The van der Waals surface area contributed by atoms with Crippen molar-refractivity contribution in [2.75, 3.05) is 46.3 Å². The zero-order chi connectivity index (χ0) is 17.2. The maximum Gasteiger partial charge on any atom is 0.133 e. The van der Waals surface area contributed by atoms with Crippen molar-refractivity contribution in [1.29, 1.82) is 0 Å². The first kappa shape index (κ1) is 17.1. The van der Waals surface area contributed by atoms with E-state index < -0.39 is 0 Å². The summed E-state index contributed by atoms with van der Waals surface area (Å²) >= 11 is 0. The van der Waals surface area contributed by atoms with Gasteiger partial charge in [0, 0.05) is 44.2 Å². The summed E-state index contributed by atoms with van der Waals surface area (Å²) in [6.45, 7) is 10.9. The molecule has 0 spiro atoms. The number of rotatable bonds is 4. The van der Waals surface area contributed by atoms with Crippen LogP contribution in [-0.4, -0.2) is 67.1 Å². The fraction of sp³-hybridized carbons (Fsp3) is 0.619. The quantitative estimate of drug-likeness (QED) is 0.851. The van der Waals surface area contributed by atoms with Crippen molar-refractivity contribution in [2.45, 2.75) is 32.4 Å². The van der Waals surface area contributed by atoms with Gasteiger partial charge in [-0.15, -0.1) is 0 Å². The van der Waals surface area contributed by atoms with Gasteiger partial charge >= 0.3 is 0 Å². The Hall–Kier alpha value is -1.36. The number of likely N-dealkylation sites (N-methyl/N-ethyl adjacent to an activating group) is 1. The van der Waals surface area contributed by atoms with Crippen LogP contribution in [-0.2, 0) is 6.54 Å². The lowest BCUT2D eigenvalue weighted by molar-refractivity contribution is 0.0598. The Morgan fingerprint density at radius 2 is 1.80 bits per heavy atom. The Kier molecular flexibility index (Phi) is 5.11. The molecule has 0 aliphatic carbocycles. The monoisotopic (exact) mass is 341 g/mol. The molecule has 1 aromatic heterocycles. The first-order chi connectivity index (χ1) is 12.2. The summed E-state index contributed by atoms with van der Waals surface area (Å²) in [4.78, 5) is 7.78. The Balaban J connectivity index is 1.29. The van der Waals surface area contributed by atoms with Crippen molar-refractivity contribution >= 4 is 11.0 Å². The molecular weight excluding hydrogens is 310 g/mol. The van der Waals surface area contributed by atoms with Crippen molar-refractivity contribution < 1.29 is 4.42 Å². The summed E-state index contributed by atoms with van der Waals surface area (Å²) in [5.41, 5.74) is 2.39. The van der Waals surface area contributed by atoms with Crippen LogP contribution in [0.15, 0.2) is 34.9 Å². The zero-order valence-corrected chi connectivity index (χ0v) is 15.7. The van der Waals surface area contributed by atoms with Crippen LogP contribution < -0.4 is 0 Å². The lowest BCUT2D eigenvalue weighted by Gasteiger charge is -2.42. The number of piperazine rings is 1. The second-order valence-corrected chi connectivity index (χ2v) is 7.99. The molecule has 2 fully saturated rings. The van der Waals surface area contributed by atoms with Gasteiger partial charge in [-0.2, -0.15) is 0 Å². The molecule has 0 bridgehead atoms. The largest absolute Gasteiger partial charge is 0.464 e. The second kappa shape index (κ2) is 7.48. The van der Waals surface area contributed by atoms with Crippen LogP contribution in [0, 0.1) is 5.92 Å². The lowest BCUT2D eigenvalue weighted by Crippen LogP contribution is -2.51. The maximum atomic E-state index is 5.45. The van der Waals surface area contributed by atoms with E-state index in [1.165, 1.54) is 63.1 Å². The van der Waals surface area contributed by atoms with Gasteiger partial charge in [0.25, 0.3) is 0 Å². The molecule has 1 aromatic carbocycles. The smallest absolute Gasteiger partial charge is 0.133 e. The number of hydrogen-bond donors (Lipinski definition) is 0. The summed E-state index contributed by atoms with van der Waals surface area (Å²) in [6, 6.07) is 9.39. The molecule has 2 aliphatic heterocycles. The van der Waals surface area contributed by atoms with Crippen LogP contribution in [0.4, 0.5) is 0 Å². The van der Waals surface area contributed by atoms with E-state index in [0.717, 1.165) is 24.1 Å². The molecule has 25 heavy (non-hydrogen) atoms. The molecule has 0 unspecified atom stereocenters. The molecule has 3 heterocycles. The van der Waals surface area contributed by atoms with E-state index >= 15 is 0 Å². The van der Waals surface area contributed by atoms with E-state index in [9.17, 15) is 0 Å². The lowest BCUT2D eigenvalue weighted by atomic mass is 9.89. The summed E-state index contributed by atoms with van der Waals surface area (Å²) in [5.74, 6) is 0.857. The number of benzene rings is 1. The molecule has 1 atom stereocenters. The fourth-order valence-electron chi connectivity index (χ4n) is 4.49. The van der Waals surface area contributed by atoms with E-state index in [-0.39, 0.29) is 0 Å². The van der Waals surface area contributed by atoms with Crippen molar-refractivity contribution in [1.82, 2.24) is 14.7 Å². The first-order valence-electron chi connectivity index (χ1n) is 9.80. The molecule has 0 radical (unpaired) electrons. The van der Waals surface area contributed by atoms with E-state index in [4.69, 9.17) is 4.42 Å². The molecule has 4 heteroatoms. The highest BCUT2D eigenvalue weighted by Gasteiger charge is 2.29. The van der Waals surface area contributed by atoms with Gasteiger partial charge in [0.1, 0.15) is 5.58 Å². The highest BCUT2D eigenvalue weighted by molar-refractivity contribution is 5.77. The average Bonchev–Trinajstić information content (AvgIpc) is 3.10. The van der Waals surface area contributed by atoms with Gasteiger partial charge in [-0.05, 0) is 69.6 Å². The van der Waals surface area contributed by atoms with Crippen molar-refractivity contribution in [2.24, 2.45) is 5.92 Å². The molecule has 2 aliphatic rings. The summed E-state index contributed by atoms with van der Waals surface area (Å²) < 4.78 is 5.45. The number of furan rings is 1. The standard InChI is InChI=1S/C21H31N3O/c1-17(24-12-10-22(2)11-13-24)19-5-8-23(9-6-19)16-18-3-4-21-20(15-18)7-14-25-21/h3-4,7,14-15,17,19H,5-6,8-13,16H2,1-2H3/t17-/m1/s1. The minimum Gasteiger partial charge on any atom is -0.464 e. The highest BCUT2D eigenvalue weighted by Crippen LogP contribution is 2.26. The topological polar surface area (TPSA) is 22.9 Å². The van der Waals surface area contributed by atoms with E-state index in [1.807, 2.05) is 0 Å². The van der Waals surface area contributed by atoms with Gasteiger partial charge in [-0.3, -0.25) is 9.80 Å². The third kappa shape index (κ3) is 3.91. The maximum absolute atomic E-state index is 5.45. The van der Waals surface area contributed by atoms with Crippen LogP contribution in [0.2, 0.25) is 0 Å².